The zero-order valence-electron chi connectivity index (χ0n) is 29.8. The second kappa shape index (κ2) is 15.6. The molecule has 1 aliphatic rings. The second-order valence-corrected chi connectivity index (χ2v) is 21.3. The fourth-order valence-electron chi connectivity index (χ4n) is 7.03. The van der Waals surface area contributed by atoms with Crippen molar-refractivity contribution < 1.29 is 20.8 Å². The summed E-state index contributed by atoms with van der Waals surface area (Å²) in [4.78, 5) is 0. The molecular formula is C46H44Cl2SiZr-. The Morgan fingerprint density at radius 2 is 1.00 bits per heavy atom. The van der Waals surface area contributed by atoms with Crippen LogP contribution in [0, 0.1) is 0 Å². The van der Waals surface area contributed by atoms with Gasteiger partial charge in [0.2, 0.25) is 0 Å². The van der Waals surface area contributed by atoms with Crippen molar-refractivity contribution in [2.75, 3.05) is 0 Å². The van der Waals surface area contributed by atoms with Crippen LogP contribution in [0.4, 0.5) is 0 Å². The van der Waals surface area contributed by atoms with E-state index >= 15 is 0 Å². The summed E-state index contributed by atoms with van der Waals surface area (Å²) in [6, 6.07) is 54.0. The van der Waals surface area contributed by atoms with Crippen LogP contribution >= 0.6 is 17.0 Å². The van der Waals surface area contributed by atoms with Gasteiger partial charge in [0, 0.05) is 0 Å². The first-order valence-corrected chi connectivity index (χ1v) is 25.1. The number of benzene rings is 6. The summed E-state index contributed by atoms with van der Waals surface area (Å²) < 4.78 is 0. The minimum Gasteiger partial charge on any atom is -0.0624 e. The maximum atomic E-state index is 4.93. The summed E-state index contributed by atoms with van der Waals surface area (Å²) in [7, 11) is 8.85. The van der Waals surface area contributed by atoms with E-state index in [1.807, 2.05) is 0 Å². The van der Waals surface area contributed by atoms with E-state index in [4.69, 9.17) is 17.0 Å². The molecule has 251 valence electrons. The van der Waals surface area contributed by atoms with E-state index < -0.39 is 29.6 Å². The van der Waals surface area contributed by atoms with Gasteiger partial charge in [-0.15, -0.1) is 39.7 Å². The van der Waals surface area contributed by atoms with Crippen molar-refractivity contribution in [3.05, 3.63) is 168 Å². The number of fused-ring (bicyclic) bond motifs is 6. The Hall–Kier alpha value is -3.13. The quantitative estimate of drug-likeness (QED) is 0.0951. The van der Waals surface area contributed by atoms with Gasteiger partial charge in [0.15, 0.2) is 8.80 Å². The summed E-state index contributed by atoms with van der Waals surface area (Å²) in [5.74, 6) is 0. The maximum Gasteiger partial charge on any atom is 0.154 e. The predicted molar refractivity (Wildman–Crippen MR) is 218 cm³/mol. The van der Waals surface area contributed by atoms with Crippen molar-refractivity contribution in [3.8, 4) is 11.1 Å². The van der Waals surface area contributed by atoms with Gasteiger partial charge >= 0.3 is 37.9 Å². The molecule has 1 radical (unpaired) electrons. The van der Waals surface area contributed by atoms with Crippen molar-refractivity contribution in [2.45, 2.75) is 58.8 Å². The van der Waals surface area contributed by atoms with Crippen LogP contribution in [0.25, 0.3) is 32.7 Å². The van der Waals surface area contributed by atoms with Gasteiger partial charge in [-0.3, -0.25) is 0 Å². The van der Waals surface area contributed by atoms with E-state index in [9.17, 15) is 0 Å². The zero-order valence-corrected chi connectivity index (χ0v) is 34.8. The molecule has 0 spiro atoms. The van der Waals surface area contributed by atoms with E-state index in [2.05, 4.69) is 187 Å². The van der Waals surface area contributed by atoms with Gasteiger partial charge in [0.25, 0.3) is 0 Å². The van der Waals surface area contributed by atoms with Gasteiger partial charge < -0.3 is 0 Å². The Morgan fingerprint density at radius 1 is 0.540 bits per heavy atom. The smallest absolute Gasteiger partial charge is 0.0624 e. The topological polar surface area (TPSA) is 0 Å². The minimum atomic E-state index is -1.02. The molecule has 0 unspecified atom stereocenters. The molecule has 0 heterocycles. The van der Waals surface area contributed by atoms with Crippen LogP contribution in [-0.2, 0) is 38.1 Å². The molecule has 0 saturated heterocycles. The van der Waals surface area contributed by atoms with E-state index in [1.165, 1.54) is 70.5 Å². The van der Waals surface area contributed by atoms with Gasteiger partial charge in [-0.25, -0.2) is 0 Å². The molecule has 50 heavy (non-hydrogen) atoms. The van der Waals surface area contributed by atoms with Crippen molar-refractivity contribution in [1.82, 2.24) is 0 Å². The van der Waals surface area contributed by atoms with Crippen molar-refractivity contribution in [1.29, 1.82) is 0 Å². The normalized spacial score (nSPS) is 12.1. The molecule has 0 aromatic heterocycles. The van der Waals surface area contributed by atoms with Crippen LogP contribution in [0.5, 0.6) is 0 Å². The zero-order chi connectivity index (χ0) is 35.5. The third kappa shape index (κ3) is 8.00. The van der Waals surface area contributed by atoms with Gasteiger partial charge in [-0.2, -0.15) is 0 Å². The first-order chi connectivity index (χ1) is 24.0. The Morgan fingerprint density at radius 3 is 1.50 bits per heavy atom. The van der Waals surface area contributed by atoms with Gasteiger partial charge in [0.05, 0.1) is 0 Å². The summed E-state index contributed by atoms with van der Waals surface area (Å²) >= 11 is -0.826. The van der Waals surface area contributed by atoms with E-state index in [0.29, 0.717) is 0 Å². The third-order valence-corrected chi connectivity index (χ3v) is 12.5. The molecule has 0 aliphatic heterocycles. The van der Waals surface area contributed by atoms with Crippen LogP contribution in [0.2, 0.25) is 0 Å². The van der Waals surface area contributed by atoms with Crippen LogP contribution < -0.4 is 15.6 Å². The van der Waals surface area contributed by atoms with Crippen molar-refractivity contribution in [3.63, 3.8) is 0 Å². The van der Waals surface area contributed by atoms with Gasteiger partial charge in [-0.05, 0) is 44.7 Å². The van der Waals surface area contributed by atoms with Gasteiger partial charge in [-0.1, -0.05) is 190 Å². The molecule has 0 atom stereocenters. The fourth-order valence-corrected chi connectivity index (χ4v) is 9.83. The first-order valence-electron chi connectivity index (χ1n) is 17.3. The fraction of sp³-hybridized carbons (Fsp3) is 0.196. The molecule has 0 N–H and O–H groups in total. The summed E-state index contributed by atoms with van der Waals surface area (Å²) in [5.41, 5.74) is 9.03. The molecule has 0 nitrogen and oxygen atoms in total. The average Bonchev–Trinajstić information content (AvgIpc) is 3.67. The summed E-state index contributed by atoms with van der Waals surface area (Å²) in [5, 5.41) is 9.91. The Bertz CT molecular complexity index is 2100. The Balaban J connectivity index is 0.000000164. The molecular weight excluding hydrogens is 743 g/mol. The minimum absolute atomic E-state index is 0.203. The van der Waals surface area contributed by atoms with Crippen LogP contribution in [0.1, 0.15) is 63.8 Å². The summed E-state index contributed by atoms with van der Waals surface area (Å²) in [6.45, 7) is 13.6. The third-order valence-electron chi connectivity index (χ3n) is 9.68. The average molecular weight is 787 g/mol. The number of rotatable bonds is 3. The molecule has 0 amide bonds. The maximum absolute atomic E-state index is 4.93. The standard InChI is InChI=1S/C25H19Si.C21H25.2ClH.Zr/c1-3-11-20(12-4-1)26(21-13-5-2-6-14-21)25-17-9-16-23-22-15-8-7-10-19(22)18-24(23)25;1-20(2,3)16-7-9-18-14(12-16)11-15-13-17(21(4,5)6)8-10-19(15)18;;;/h1-17H,18H2;7-13H,1-6H3;2*1H;/q;-1;;;+2/p-2. The molecule has 7 aromatic carbocycles. The molecule has 0 bridgehead atoms. The Labute approximate surface area is 319 Å². The SMILES string of the molecule is CC(C)(C)c1ccc2c(c1)[cH-]c1cc(C(C)(C)C)ccc12.[Cl][Zr][Cl].c1ccc([Si](c2ccccc2)c2cccc3c2Cc2ccccc2-3)cc1. The first kappa shape index (κ1) is 36.7. The molecule has 0 fully saturated rings. The molecule has 1 aliphatic carbocycles. The van der Waals surface area contributed by atoms with Crippen molar-refractivity contribution in [2.24, 2.45) is 0 Å². The predicted octanol–water partition coefficient (Wildman–Crippen LogP) is 11.5. The van der Waals surface area contributed by atoms with Crippen LogP contribution in [0.15, 0.2) is 146 Å². The number of hydrogen-bond acceptors (Lipinski definition) is 0. The monoisotopic (exact) mass is 784 g/mol. The molecule has 7 aromatic rings. The molecule has 0 saturated carbocycles. The van der Waals surface area contributed by atoms with E-state index in [1.54, 1.807) is 0 Å². The van der Waals surface area contributed by atoms with E-state index in [0.717, 1.165) is 6.42 Å². The van der Waals surface area contributed by atoms with E-state index in [-0.39, 0.29) is 10.8 Å². The van der Waals surface area contributed by atoms with Gasteiger partial charge in [0.1, 0.15) is 0 Å². The largest absolute Gasteiger partial charge is 0.154 e. The molecule has 4 heteroatoms. The summed E-state index contributed by atoms with van der Waals surface area (Å²) in [6.07, 6.45) is 1.05. The second-order valence-electron chi connectivity index (χ2n) is 15.1. The van der Waals surface area contributed by atoms with Crippen LogP contribution in [0.3, 0.4) is 0 Å². The molecule has 8 rings (SSSR count). The van der Waals surface area contributed by atoms with Crippen molar-refractivity contribution >= 4 is 62.9 Å². The Kier molecular flexibility index (Phi) is 11.5. The number of halogens is 2. The number of hydrogen-bond donors (Lipinski definition) is 0. The van der Waals surface area contributed by atoms with Crippen LogP contribution in [-0.4, -0.2) is 8.80 Å².